The SMILES string of the molecule is CC(C)n1c(=O)[nH]c2c(C(=O)N(C)Cc3ccccc3)snc2c1=O. The maximum absolute atomic E-state index is 12.7. The van der Waals surface area contributed by atoms with Crippen LogP contribution in [-0.2, 0) is 6.54 Å². The molecule has 0 saturated heterocycles. The van der Waals surface area contributed by atoms with Crippen molar-refractivity contribution < 1.29 is 4.79 Å². The van der Waals surface area contributed by atoms with Gasteiger partial charge in [0.25, 0.3) is 11.5 Å². The highest BCUT2D eigenvalue weighted by Gasteiger charge is 2.22. The highest BCUT2D eigenvalue weighted by Crippen LogP contribution is 2.19. The van der Waals surface area contributed by atoms with E-state index in [2.05, 4.69) is 9.36 Å². The number of carbonyl (C=O) groups excluding carboxylic acids is 1. The molecule has 1 aromatic carbocycles. The first-order valence-corrected chi connectivity index (χ1v) is 8.61. The Kier molecular flexibility index (Phi) is 4.54. The van der Waals surface area contributed by atoms with Gasteiger partial charge in [-0.25, -0.2) is 4.79 Å². The average Bonchev–Trinajstić information content (AvgIpc) is 2.98. The molecule has 25 heavy (non-hydrogen) atoms. The standard InChI is InChI=1S/C17H18N4O3S/c1-10(2)21-15(22)13-12(18-17(21)24)14(25-19-13)16(23)20(3)9-11-7-5-4-6-8-11/h4-8,10H,9H2,1-3H3,(H,18,24). The van der Waals surface area contributed by atoms with Crippen LogP contribution in [0.3, 0.4) is 0 Å². The van der Waals surface area contributed by atoms with Crippen LogP contribution in [0, 0.1) is 0 Å². The third kappa shape index (κ3) is 3.12. The molecular weight excluding hydrogens is 340 g/mol. The highest BCUT2D eigenvalue weighted by molar-refractivity contribution is 7.09. The van der Waals surface area contributed by atoms with Gasteiger partial charge in [-0.15, -0.1) is 0 Å². The van der Waals surface area contributed by atoms with E-state index in [0.29, 0.717) is 6.54 Å². The zero-order valence-corrected chi connectivity index (χ0v) is 15.0. The van der Waals surface area contributed by atoms with Crippen molar-refractivity contribution >= 4 is 28.5 Å². The molecule has 2 heterocycles. The monoisotopic (exact) mass is 358 g/mol. The number of nitrogens with zero attached hydrogens (tertiary/aromatic N) is 3. The molecule has 7 nitrogen and oxygen atoms in total. The van der Waals surface area contributed by atoms with Gasteiger partial charge < -0.3 is 9.88 Å². The number of carbonyl (C=O) groups is 1. The summed E-state index contributed by atoms with van der Waals surface area (Å²) in [5.74, 6) is -0.284. The molecule has 3 aromatic rings. The van der Waals surface area contributed by atoms with Gasteiger partial charge in [-0.2, -0.15) is 4.37 Å². The summed E-state index contributed by atoms with van der Waals surface area (Å²) < 4.78 is 5.20. The van der Waals surface area contributed by atoms with Crippen molar-refractivity contribution in [1.82, 2.24) is 18.8 Å². The maximum atomic E-state index is 12.7. The molecule has 8 heteroatoms. The Bertz CT molecular complexity index is 1030. The van der Waals surface area contributed by atoms with Crippen molar-refractivity contribution in [2.24, 2.45) is 0 Å². The summed E-state index contributed by atoms with van der Waals surface area (Å²) >= 11 is 0.928. The number of benzene rings is 1. The topological polar surface area (TPSA) is 88.1 Å². The lowest BCUT2D eigenvalue weighted by Gasteiger charge is -2.16. The number of amides is 1. The van der Waals surface area contributed by atoms with E-state index in [-0.39, 0.29) is 27.9 Å². The predicted octanol–water partition coefficient (Wildman–Crippen LogP) is 2.00. The molecule has 3 rings (SSSR count). The first-order valence-electron chi connectivity index (χ1n) is 7.83. The second-order valence-electron chi connectivity index (χ2n) is 6.08. The fourth-order valence-corrected chi connectivity index (χ4v) is 3.47. The van der Waals surface area contributed by atoms with Crippen LogP contribution in [-0.4, -0.2) is 31.8 Å². The average molecular weight is 358 g/mol. The third-order valence-electron chi connectivity index (χ3n) is 3.88. The van der Waals surface area contributed by atoms with E-state index >= 15 is 0 Å². The van der Waals surface area contributed by atoms with Gasteiger partial charge in [0.15, 0.2) is 5.52 Å². The summed E-state index contributed by atoms with van der Waals surface area (Å²) in [6.45, 7) is 3.91. The molecule has 0 spiro atoms. The van der Waals surface area contributed by atoms with Gasteiger partial charge in [0.05, 0.1) is 5.52 Å². The van der Waals surface area contributed by atoms with Crippen LogP contribution in [0.4, 0.5) is 0 Å². The van der Waals surface area contributed by atoms with Crippen molar-refractivity contribution in [3.05, 3.63) is 61.6 Å². The minimum Gasteiger partial charge on any atom is -0.337 e. The number of hydrogen-bond acceptors (Lipinski definition) is 5. The number of rotatable bonds is 4. The summed E-state index contributed by atoms with van der Waals surface area (Å²) in [7, 11) is 1.67. The number of H-pyrrole nitrogens is 1. The van der Waals surface area contributed by atoms with Gasteiger partial charge in [0, 0.05) is 19.6 Å². The maximum Gasteiger partial charge on any atom is 0.329 e. The van der Waals surface area contributed by atoms with E-state index < -0.39 is 11.2 Å². The zero-order chi connectivity index (χ0) is 18.1. The summed E-state index contributed by atoms with van der Waals surface area (Å²) in [6, 6.07) is 9.29. The van der Waals surface area contributed by atoms with E-state index in [4.69, 9.17) is 0 Å². The normalized spacial score (nSPS) is 11.2. The first kappa shape index (κ1) is 17.1. The summed E-state index contributed by atoms with van der Waals surface area (Å²) in [4.78, 5) is 41.8. The predicted molar refractivity (Wildman–Crippen MR) is 97.1 cm³/mol. The summed E-state index contributed by atoms with van der Waals surface area (Å²) in [6.07, 6.45) is 0. The largest absolute Gasteiger partial charge is 0.337 e. The second kappa shape index (κ2) is 6.64. The Morgan fingerprint density at radius 2 is 1.96 bits per heavy atom. The van der Waals surface area contributed by atoms with Crippen LogP contribution in [0.25, 0.3) is 11.0 Å². The van der Waals surface area contributed by atoms with E-state index in [1.54, 1.807) is 20.9 Å². The van der Waals surface area contributed by atoms with Crippen molar-refractivity contribution in [2.45, 2.75) is 26.4 Å². The Labute approximate surface area is 147 Å². The van der Waals surface area contributed by atoms with Gasteiger partial charge in [-0.05, 0) is 30.9 Å². The highest BCUT2D eigenvalue weighted by atomic mass is 32.1. The molecule has 0 fully saturated rings. The van der Waals surface area contributed by atoms with Crippen LogP contribution in [0.2, 0.25) is 0 Å². The molecule has 0 saturated carbocycles. The number of aromatic nitrogens is 3. The van der Waals surface area contributed by atoms with Crippen LogP contribution >= 0.6 is 11.5 Å². The van der Waals surface area contributed by atoms with Crippen LogP contribution in [0.15, 0.2) is 39.9 Å². The lowest BCUT2D eigenvalue weighted by atomic mass is 10.2. The van der Waals surface area contributed by atoms with Crippen LogP contribution in [0.5, 0.6) is 0 Å². The quantitative estimate of drug-likeness (QED) is 0.773. The molecule has 0 aliphatic heterocycles. The molecule has 0 unspecified atom stereocenters. The molecule has 0 radical (unpaired) electrons. The van der Waals surface area contributed by atoms with Gasteiger partial charge in [-0.1, -0.05) is 30.3 Å². The van der Waals surface area contributed by atoms with Crippen LogP contribution in [0.1, 0.15) is 35.1 Å². The number of hydrogen-bond donors (Lipinski definition) is 1. The minimum atomic E-state index is -0.535. The Morgan fingerprint density at radius 1 is 1.28 bits per heavy atom. The van der Waals surface area contributed by atoms with Crippen LogP contribution < -0.4 is 11.2 Å². The van der Waals surface area contributed by atoms with Crippen molar-refractivity contribution in [2.75, 3.05) is 7.05 Å². The van der Waals surface area contributed by atoms with E-state index in [1.807, 2.05) is 30.3 Å². The van der Waals surface area contributed by atoms with Gasteiger partial charge >= 0.3 is 5.69 Å². The molecule has 0 bridgehead atoms. The van der Waals surface area contributed by atoms with Crippen molar-refractivity contribution in [3.63, 3.8) is 0 Å². The molecule has 0 atom stereocenters. The molecule has 1 N–H and O–H groups in total. The number of fused-ring (bicyclic) bond motifs is 1. The molecule has 0 aliphatic carbocycles. The molecule has 0 aliphatic rings. The smallest absolute Gasteiger partial charge is 0.329 e. The lowest BCUT2D eigenvalue weighted by molar-refractivity contribution is 0.0791. The Morgan fingerprint density at radius 3 is 2.60 bits per heavy atom. The van der Waals surface area contributed by atoms with E-state index in [1.165, 1.54) is 4.90 Å². The first-order chi connectivity index (χ1) is 11.9. The van der Waals surface area contributed by atoms with Crippen molar-refractivity contribution in [3.8, 4) is 0 Å². The Balaban J connectivity index is 2.00. The van der Waals surface area contributed by atoms with Crippen molar-refractivity contribution in [1.29, 1.82) is 0 Å². The molecule has 130 valence electrons. The number of nitrogens with one attached hydrogen (secondary N) is 1. The fourth-order valence-electron chi connectivity index (χ4n) is 2.64. The van der Waals surface area contributed by atoms with Gasteiger partial charge in [-0.3, -0.25) is 14.2 Å². The second-order valence-corrected chi connectivity index (χ2v) is 6.85. The third-order valence-corrected chi connectivity index (χ3v) is 4.72. The summed E-state index contributed by atoms with van der Waals surface area (Å²) in [5, 5.41) is 0. The number of aromatic amines is 1. The minimum absolute atomic E-state index is 0.120. The van der Waals surface area contributed by atoms with E-state index in [0.717, 1.165) is 21.7 Å². The molecule has 1 amide bonds. The van der Waals surface area contributed by atoms with Gasteiger partial charge in [0.1, 0.15) is 4.88 Å². The molecule has 2 aromatic heterocycles. The fraction of sp³-hybridized carbons (Fsp3) is 0.294. The van der Waals surface area contributed by atoms with E-state index in [9.17, 15) is 14.4 Å². The lowest BCUT2D eigenvalue weighted by Crippen LogP contribution is -2.36. The zero-order valence-electron chi connectivity index (χ0n) is 14.1. The summed E-state index contributed by atoms with van der Waals surface area (Å²) in [5.41, 5.74) is 0.307. The Hall–Kier alpha value is -2.74. The molecular formula is C17H18N4O3S. The van der Waals surface area contributed by atoms with Gasteiger partial charge in [0.2, 0.25) is 0 Å².